The highest BCUT2D eigenvalue weighted by atomic mass is 79.9. The van der Waals surface area contributed by atoms with Crippen LogP contribution in [0.25, 0.3) is 11.0 Å². The summed E-state index contributed by atoms with van der Waals surface area (Å²) in [6.45, 7) is 4.12. The van der Waals surface area contributed by atoms with E-state index < -0.39 is 0 Å². The first-order valence-corrected chi connectivity index (χ1v) is 6.73. The molecule has 3 heterocycles. The van der Waals surface area contributed by atoms with Crippen molar-refractivity contribution in [3.8, 4) is 0 Å². The zero-order valence-electron chi connectivity index (χ0n) is 10.2. The van der Waals surface area contributed by atoms with Crippen LogP contribution in [0.1, 0.15) is 0 Å². The van der Waals surface area contributed by atoms with Gasteiger partial charge in [-0.25, -0.2) is 15.0 Å². The first-order valence-electron chi connectivity index (χ1n) is 5.94. The van der Waals surface area contributed by atoms with Gasteiger partial charge in [-0.15, -0.1) is 0 Å². The van der Waals surface area contributed by atoms with Crippen LogP contribution < -0.4 is 4.90 Å². The van der Waals surface area contributed by atoms with E-state index in [-0.39, 0.29) is 0 Å². The van der Waals surface area contributed by atoms with Crippen molar-refractivity contribution in [1.29, 1.82) is 0 Å². The van der Waals surface area contributed by atoms with Crippen molar-refractivity contribution >= 4 is 32.8 Å². The molecule has 0 radical (unpaired) electrons. The summed E-state index contributed by atoms with van der Waals surface area (Å²) < 4.78 is 0.958. The molecular formula is C12H14BrN5. The highest BCUT2D eigenvalue weighted by molar-refractivity contribution is 9.10. The largest absolute Gasteiger partial charge is 0.353 e. The molecule has 2 aromatic rings. The molecule has 1 saturated heterocycles. The van der Waals surface area contributed by atoms with Gasteiger partial charge in [0.1, 0.15) is 12.1 Å². The van der Waals surface area contributed by atoms with Gasteiger partial charge in [-0.2, -0.15) is 0 Å². The standard InChI is InChI=1S/C12H14BrN5/c1-17-2-4-18(5-3-17)12-10-6-9(13)7-14-11(10)15-8-16-12/h6-8H,2-5H2,1H3. The first kappa shape index (κ1) is 11.8. The molecule has 3 rings (SSSR count). The zero-order chi connectivity index (χ0) is 12.5. The van der Waals surface area contributed by atoms with E-state index in [1.165, 1.54) is 0 Å². The predicted octanol–water partition coefficient (Wildman–Crippen LogP) is 1.54. The van der Waals surface area contributed by atoms with Crippen molar-refractivity contribution in [3.63, 3.8) is 0 Å². The minimum atomic E-state index is 0.752. The van der Waals surface area contributed by atoms with Gasteiger partial charge in [0.2, 0.25) is 0 Å². The van der Waals surface area contributed by atoms with E-state index in [0.29, 0.717) is 0 Å². The number of halogens is 1. The molecule has 0 unspecified atom stereocenters. The van der Waals surface area contributed by atoms with E-state index in [2.05, 4.69) is 47.7 Å². The fourth-order valence-electron chi connectivity index (χ4n) is 2.18. The Labute approximate surface area is 114 Å². The minimum Gasteiger partial charge on any atom is -0.353 e. The maximum atomic E-state index is 4.43. The van der Waals surface area contributed by atoms with Gasteiger partial charge in [0, 0.05) is 36.8 Å². The van der Waals surface area contributed by atoms with Gasteiger partial charge >= 0.3 is 0 Å². The molecule has 1 aliphatic heterocycles. The molecule has 5 nitrogen and oxygen atoms in total. The summed E-state index contributed by atoms with van der Waals surface area (Å²) >= 11 is 3.46. The summed E-state index contributed by atoms with van der Waals surface area (Å²) in [5.74, 6) is 0.988. The summed E-state index contributed by atoms with van der Waals surface area (Å²) in [5.41, 5.74) is 0.752. The molecule has 1 aliphatic rings. The molecule has 0 saturated carbocycles. The number of nitrogens with zero attached hydrogens (tertiary/aromatic N) is 5. The lowest BCUT2D eigenvalue weighted by molar-refractivity contribution is 0.312. The van der Waals surface area contributed by atoms with Gasteiger partial charge in [0.25, 0.3) is 0 Å². The van der Waals surface area contributed by atoms with Crippen LogP contribution in [-0.2, 0) is 0 Å². The highest BCUT2D eigenvalue weighted by Gasteiger charge is 2.18. The van der Waals surface area contributed by atoms with Crippen LogP contribution in [0, 0.1) is 0 Å². The van der Waals surface area contributed by atoms with Crippen LogP contribution >= 0.6 is 15.9 Å². The third-order valence-corrected chi connectivity index (χ3v) is 3.67. The highest BCUT2D eigenvalue weighted by Crippen LogP contribution is 2.25. The van der Waals surface area contributed by atoms with Crippen LogP contribution in [0.15, 0.2) is 23.1 Å². The second-order valence-corrected chi connectivity index (χ2v) is 5.43. The molecule has 94 valence electrons. The van der Waals surface area contributed by atoms with Gasteiger partial charge in [0.15, 0.2) is 5.65 Å². The number of aromatic nitrogens is 3. The number of piperazine rings is 1. The predicted molar refractivity (Wildman–Crippen MR) is 74.7 cm³/mol. The monoisotopic (exact) mass is 307 g/mol. The molecule has 0 aromatic carbocycles. The lowest BCUT2D eigenvalue weighted by Crippen LogP contribution is -2.44. The van der Waals surface area contributed by atoms with Crippen molar-refractivity contribution in [2.45, 2.75) is 0 Å². The maximum Gasteiger partial charge on any atom is 0.164 e. The Balaban J connectivity index is 2.03. The molecule has 0 bridgehead atoms. The number of likely N-dealkylation sites (N-methyl/N-ethyl adjacent to an activating group) is 1. The van der Waals surface area contributed by atoms with Gasteiger partial charge in [-0.1, -0.05) is 0 Å². The van der Waals surface area contributed by atoms with Crippen LogP contribution in [0.3, 0.4) is 0 Å². The van der Waals surface area contributed by atoms with E-state index in [0.717, 1.165) is 47.5 Å². The molecule has 0 spiro atoms. The average molecular weight is 308 g/mol. The third-order valence-electron chi connectivity index (χ3n) is 3.24. The molecule has 0 aliphatic carbocycles. The molecule has 0 atom stereocenters. The molecular weight excluding hydrogens is 294 g/mol. The smallest absolute Gasteiger partial charge is 0.164 e. The zero-order valence-corrected chi connectivity index (χ0v) is 11.8. The van der Waals surface area contributed by atoms with E-state index in [1.807, 2.05) is 6.07 Å². The Kier molecular flexibility index (Phi) is 3.13. The van der Waals surface area contributed by atoms with Gasteiger partial charge < -0.3 is 9.80 Å². The minimum absolute atomic E-state index is 0.752. The molecule has 2 aromatic heterocycles. The Morgan fingerprint density at radius 1 is 1.11 bits per heavy atom. The number of pyridine rings is 1. The number of anilines is 1. The normalized spacial score (nSPS) is 17.3. The van der Waals surface area contributed by atoms with Crippen LogP contribution in [0.5, 0.6) is 0 Å². The summed E-state index contributed by atoms with van der Waals surface area (Å²) in [6, 6.07) is 2.04. The van der Waals surface area contributed by atoms with Gasteiger partial charge in [-0.3, -0.25) is 0 Å². The molecule has 0 N–H and O–H groups in total. The third kappa shape index (κ3) is 2.18. The average Bonchev–Trinajstić information content (AvgIpc) is 2.39. The number of rotatable bonds is 1. The fourth-order valence-corrected chi connectivity index (χ4v) is 2.51. The molecule has 0 amide bonds. The van der Waals surface area contributed by atoms with Crippen molar-refractivity contribution in [2.75, 3.05) is 38.1 Å². The quantitative estimate of drug-likeness (QED) is 0.799. The molecule has 18 heavy (non-hydrogen) atoms. The summed E-state index contributed by atoms with van der Waals surface area (Å²) in [5, 5.41) is 1.01. The topological polar surface area (TPSA) is 45.2 Å². The number of hydrogen-bond acceptors (Lipinski definition) is 5. The molecule has 6 heteroatoms. The number of hydrogen-bond donors (Lipinski definition) is 0. The van der Waals surface area contributed by atoms with E-state index in [1.54, 1.807) is 12.5 Å². The summed E-state index contributed by atoms with van der Waals surface area (Å²) in [6.07, 6.45) is 3.36. The summed E-state index contributed by atoms with van der Waals surface area (Å²) in [4.78, 5) is 17.6. The Hall–Kier alpha value is -1.27. The van der Waals surface area contributed by atoms with Crippen molar-refractivity contribution in [3.05, 3.63) is 23.1 Å². The summed E-state index contributed by atoms with van der Waals surface area (Å²) in [7, 11) is 2.15. The van der Waals surface area contributed by atoms with E-state index in [9.17, 15) is 0 Å². The van der Waals surface area contributed by atoms with Crippen LogP contribution in [0.2, 0.25) is 0 Å². The SMILES string of the molecule is CN1CCN(c2ncnc3ncc(Br)cc23)CC1. The fraction of sp³-hybridized carbons (Fsp3) is 0.417. The Bertz CT molecular complexity index is 565. The lowest BCUT2D eigenvalue weighted by Gasteiger charge is -2.33. The lowest BCUT2D eigenvalue weighted by atomic mass is 10.2. The van der Waals surface area contributed by atoms with E-state index >= 15 is 0 Å². The van der Waals surface area contributed by atoms with Crippen molar-refractivity contribution < 1.29 is 0 Å². The number of fused-ring (bicyclic) bond motifs is 1. The van der Waals surface area contributed by atoms with Gasteiger partial charge in [0.05, 0.1) is 5.39 Å². The second-order valence-electron chi connectivity index (χ2n) is 4.51. The Morgan fingerprint density at radius 2 is 1.89 bits per heavy atom. The van der Waals surface area contributed by atoms with E-state index in [4.69, 9.17) is 0 Å². The maximum absolute atomic E-state index is 4.43. The molecule has 1 fully saturated rings. The van der Waals surface area contributed by atoms with Crippen LogP contribution in [0.4, 0.5) is 5.82 Å². The van der Waals surface area contributed by atoms with Crippen molar-refractivity contribution in [2.24, 2.45) is 0 Å². The van der Waals surface area contributed by atoms with Crippen molar-refractivity contribution in [1.82, 2.24) is 19.9 Å². The van der Waals surface area contributed by atoms with Crippen LogP contribution in [-0.4, -0.2) is 53.1 Å². The first-order chi connectivity index (χ1) is 8.74. The van der Waals surface area contributed by atoms with Gasteiger partial charge in [-0.05, 0) is 29.0 Å². The second kappa shape index (κ2) is 4.78. The Morgan fingerprint density at radius 3 is 2.67 bits per heavy atom.